The van der Waals surface area contributed by atoms with Gasteiger partial charge in [0.25, 0.3) is 0 Å². The summed E-state index contributed by atoms with van der Waals surface area (Å²) in [6.07, 6.45) is 32.6. The Hall–Kier alpha value is -1.14. The van der Waals surface area contributed by atoms with Crippen LogP contribution in [0.15, 0.2) is 0 Å². The van der Waals surface area contributed by atoms with Crippen LogP contribution in [0.2, 0.25) is 0 Å². The van der Waals surface area contributed by atoms with Crippen molar-refractivity contribution in [2.75, 3.05) is 40.3 Å². The number of carbonyl (C=O) groups excluding carboxylic acids is 2. The fraction of sp³-hybridized carbons (Fsp3) is 0.943. The Kier molecular flexibility index (Phi) is 25.6. The maximum Gasteiger partial charge on any atom is 0.233 e. The topological polar surface area (TPSA) is 53.1 Å². The van der Waals surface area contributed by atoms with Crippen molar-refractivity contribution >= 4 is 12.3 Å². The third kappa shape index (κ3) is 22.1. The van der Waals surface area contributed by atoms with Gasteiger partial charge in [-0.2, -0.15) is 0 Å². The zero-order chi connectivity index (χ0) is 29.8. The summed E-state index contributed by atoms with van der Waals surface area (Å²) in [5, 5.41) is 1.41. The second-order valence-electron chi connectivity index (χ2n) is 12.9. The third-order valence-corrected chi connectivity index (χ3v) is 8.75. The van der Waals surface area contributed by atoms with E-state index in [4.69, 9.17) is 4.84 Å². The van der Waals surface area contributed by atoms with Crippen LogP contribution in [0.5, 0.6) is 0 Å². The summed E-state index contributed by atoms with van der Waals surface area (Å²) in [6, 6.07) is 0.256. The van der Waals surface area contributed by atoms with Crippen LogP contribution >= 0.6 is 0 Å². The average Bonchev–Trinajstić information content (AvgIpc) is 2.97. The van der Waals surface area contributed by atoms with Crippen molar-refractivity contribution in [2.24, 2.45) is 0 Å². The maximum absolute atomic E-state index is 13.0. The summed E-state index contributed by atoms with van der Waals surface area (Å²) in [7, 11) is 4.06. The molecule has 0 saturated carbocycles. The van der Waals surface area contributed by atoms with Gasteiger partial charge in [-0.1, -0.05) is 122 Å². The first-order valence-electron chi connectivity index (χ1n) is 17.9. The van der Waals surface area contributed by atoms with Crippen LogP contribution in [0.3, 0.4) is 0 Å². The minimum atomic E-state index is 0.256. The van der Waals surface area contributed by atoms with Crippen LogP contribution in [0, 0.1) is 0 Å². The van der Waals surface area contributed by atoms with Gasteiger partial charge in [-0.05, 0) is 59.2 Å². The van der Waals surface area contributed by atoms with Crippen molar-refractivity contribution in [3.8, 4) is 0 Å². The van der Waals surface area contributed by atoms with Crippen molar-refractivity contribution in [1.29, 1.82) is 0 Å². The van der Waals surface area contributed by atoms with Gasteiger partial charge < -0.3 is 9.80 Å². The summed E-state index contributed by atoms with van der Waals surface area (Å²) in [4.78, 5) is 34.2. The zero-order valence-electron chi connectivity index (χ0n) is 27.7. The fourth-order valence-electron chi connectivity index (χ4n) is 6.12. The highest BCUT2D eigenvalue weighted by Crippen LogP contribution is 2.22. The second kappa shape index (κ2) is 27.7. The predicted octanol–water partition coefficient (Wildman–Crippen LogP) is 8.92. The molecular formula is C35H69N3O3. The first-order chi connectivity index (χ1) is 20.1. The van der Waals surface area contributed by atoms with Crippen molar-refractivity contribution in [2.45, 2.75) is 173 Å². The van der Waals surface area contributed by atoms with E-state index in [9.17, 15) is 9.59 Å². The lowest BCUT2D eigenvalue weighted by atomic mass is 9.98. The van der Waals surface area contributed by atoms with E-state index in [-0.39, 0.29) is 6.04 Å². The van der Waals surface area contributed by atoms with Gasteiger partial charge in [0.05, 0.1) is 6.61 Å². The van der Waals surface area contributed by atoms with E-state index in [1.165, 1.54) is 127 Å². The Morgan fingerprint density at radius 3 is 1.73 bits per heavy atom. The molecule has 1 aliphatic rings. The molecule has 41 heavy (non-hydrogen) atoms. The summed E-state index contributed by atoms with van der Waals surface area (Å²) in [5.41, 5.74) is 0. The highest BCUT2D eigenvalue weighted by atomic mass is 16.7. The lowest BCUT2D eigenvalue weighted by molar-refractivity contribution is -0.175. The quantitative estimate of drug-likeness (QED) is 0.0504. The van der Waals surface area contributed by atoms with E-state index < -0.39 is 0 Å². The molecule has 0 aromatic heterocycles. The van der Waals surface area contributed by atoms with Crippen LogP contribution in [0.4, 0.5) is 0 Å². The SMILES string of the molecule is CCCCCCCCCCCCCCCCCCCCCC(=O)N1CCCCC1CCON(C=O)CCCN(C)C. The summed E-state index contributed by atoms with van der Waals surface area (Å²) < 4.78 is 0. The molecule has 6 heteroatoms. The maximum atomic E-state index is 13.0. The Balaban J connectivity index is 1.98. The van der Waals surface area contributed by atoms with Gasteiger partial charge in [0.2, 0.25) is 12.3 Å². The molecule has 1 rings (SSSR count). The Bertz CT molecular complexity index is 601. The van der Waals surface area contributed by atoms with E-state index in [0.717, 1.165) is 51.6 Å². The Morgan fingerprint density at radius 2 is 1.24 bits per heavy atom. The highest BCUT2D eigenvalue weighted by molar-refractivity contribution is 5.76. The molecule has 1 fully saturated rings. The summed E-state index contributed by atoms with van der Waals surface area (Å²) in [6.45, 7) is 5.20. The van der Waals surface area contributed by atoms with Crippen molar-refractivity contribution in [1.82, 2.24) is 14.9 Å². The first kappa shape index (κ1) is 37.9. The lowest BCUT2D eigenvalue weighted by Crippen LogP contribution is -2.44. The first-order valence-corrected chi connectivity index (χ1v) is 17.9. The van der Waals surface area contributed by atoms with Crippen LogP contribution in [0.25, 0.3) is 0 Å². The van der Waals surface area contributed by atoms with Crippen LogP contribution in [-0.2, 0) is 14.4 Å². The van der Waals surface area contributed by atoms with Crippen LogP contribution in [0.1, 0.15) is 167 Å². The predicted molar refractivity (Wildman–Crippen MR) is 174 cm³/mol. The van der Waals surface area contributed by atoms with E-state index in [2.05, 4.69) is 16.7 Å². The second-order valence-corrected chi connectivity index (χ2v) is 12.9. The smallest absolute Gasteiger partial charge is 0.233 e. The molecule has 0 bridgehead atoms. The molecule has 1 unspecified atom stereocenters. The number of piperidine rings is 1. The molecule has 0 aromatic rings. The lowest BCUT2D eigenvalue weighted by Gasteiger charge is -2.36. The normalized spacial score (nSPS) is 15.5. The molecule has 0 aliphatic carbocycles. The van der Waals surface area contributed by atoms with E-state index in [1.807, 2.05) is 14.1 Å². The number of carbonyl (C=O) groups is 2. The molecule has 1 saturated heterocycles. The number of hydrogen-bond acceptors (Lipinski definition) is 4. The van der Waals surface area contributed by atoms with E-state index >= 15 is 0 Å². The van der Waals surface area contributed by atoms with Gasteiger partial charge in [-0.25, -0.2) is 5.06 Å². The molecule has 6 nitrogen and oxygen atoms in total. The molecule has 1 aliphatic heterocycles. The molecule has 0 N–H and O–H groups in total. The monoisotopic (exact) mass is 580 g/mol. The molecule has 2 amide bonds. The highest BCUT2D eigenvalue weighted by Gasteiger charge is 2.26. The van der Waals surface area contributed by atoms with Crippen LogP contribution in [-0.4, -0.2) is 73.6 Å². The van der Waals surface area contributed by atoms with Crippen LogP contribution < -0.4 is 0 Å². The van der Waals surface area contributed by atoms with Gasteiger partial charge in [0.15, 0.2) is 0 Å². The van der Waals surface area contributed by atoms with Crippen molar-refractivity contribution in [3.63, 3.8) is 0 Å². The number of amides is 2. The largest absolute Gasteiger partial charge is 0.340 e. The standard InChI is InChI=1S/C35H69N3O3/c1-4-5-6-7-8-9-10-11-12-13-14-15-16-17-18-19-20-21-22-27-35(40)38-31-24-23-26-34(38)28-32-41-37(33-39)30-25-29-36(2)3/h33-34H,4-32H2,1-3H3. The molecule has 242 valence electrons. The minimum absolute atomic E-state index is 0.256. The van der Waals surface area contributed by atoms with E-state index in [1.54, 1.807) is 0 Å². The minimum Gasteiger partial charge on any atom is -0.340 e. The van der Waals surface area contributed by atoms with Gasteiger partial charge in [-0.15, -0.1) is 0 Å². The van der Waals surface area contributed by atoms with Gasteiger partial charge in [-0.3, -0.25) is 14.4 Å². The third-order valence-electron chi connectivity index (χ3n) is 8.75. The Labute approximate surface area is 255 Å². The summed E-state index contributed by atoms with van der Waals surface area (Å²) >= 11 is 0. The molecule has 0 aromatic carbocycles. The number of hydroxylamine groups is 2. The van der Waals surface area contributed by atoms with Crippen molar-refractivity contribution < 1.29 is 14.4 Å². The fourth-order valence-corrected chi connectivity index (χ4v) is 6.12. The number of nitrogens with zero attached hydrogens (tertiary/aromatic N) is 3. The summed E-state index contributed by atoms with van der Waals surface area (Å²) in [5.74, 6) is 0.319. The molecule has 0 spiro atoms. The average molecular weight is 580 g/mol. The molecule has 1 atom stereocenters. The molecule has 1 heterocycles. The van der Waals surface area contributed by atoms with Gasteiger partial charge in [0, 0.05) is 25.6 Å². The van der Waals surface area contributed by atoms with Crippen molar-refractivity contribution in [3.05, 3.63) is 0 Å². The number of unbranched alkanes of at least 4 members (excludes halogenated alkanes) is 18. The number of rotatable bonds is 29. The molecular weight excluding hydrogens is 510 g/mol. The molecule has 0 radical (unpaired) electrons. The van der Waals surface area contributed by atoms with E-state index in [0.29, 0.717) is 25.5 Å². The Morgan fingerprint density at radius 1 is 0.732 bits per heavy atom. The van der Waals surface area contributed by atoms with Gasteiger partial charge >= 0.3 is 0 Å². The zero-order valence-corrected chi connectivity index (χ0v) is 27.7. The van der Waals surface area contributed by atoms with Gasteiger partial charge in [0.1, 0.15) is 0 Å². The number of likely N-dealkylation sites (tertiary alicyclic amines) is 1. The number of hydrogen-bond donors (Lipinski definition) is 0.